The summed E-state index contributed by atoms with van der Waals surface area (Å²) in [6.07, 6.45) is 18.6. The van der Waals surface area contributed by atoms with Crippen LogP contribution in [0.2, 0.25) is 0 Å². The normalized spacial score (nSPS) is 13.1. The molecule has 54 heavy (non-hydrogen) atoms. The van der Waals surface area contributed by atoms with E-state index in [4.69, 9.17) is 17.8 Å². The van der Waals surface area contributed by atoms with Crippen LogP contribution >= 0.6 is 0 Å². The Kier molecular flexibility index (Phi) is 28.6. The molecule has 2 N–H and O–H groups in total. The van der Waals surface area contributed by atoms with E-state index in [2.05, 4.69) is 22.2 Å². The number of aliphatic hydroxyl groups excluding tert-OH is 2. The summed E-state index contributed by atoms with van der Waals surface area (Å²) in [6.45, 7) is 1.52. The van der Waals surface area contributed by atoms with Crippen LogP contribution in [0, 0.1) is 0 Å². The van der Waals surface area contributed by atoms with Gasteiger partial charge >= 0.3 is 32.7 Å². The highest BCUT2D eigenvalue weighted by molar-refractivity contribution is 7.82. The molecule has 0 radical (unpaired) electrons. The number of ether oxygens (including phenoxy) is 2. The highest BCUT2D eigenvalue weighted by atomic mass is 32.3. The third-order valence-corrected chi connectivity index (χ3v) is 10.2. The summed E-state index contributed by atoms with van der Waals surface area (Å²) < 4.78 is 77.2. The van der Waals surface area contributed by atoms with Gasteiger partial charge < -0.3 is 19.7 Å². The molecule has 2 atom stereocenters. The van der Waals surface area contributed by atoms with Crippen LogP contribution in [0.25, 0.3) is 0 Å². The minimum atomic E-state index is -4.37. The van der Waals surface area contributed by atoms with Gasteiger partial charge in [-0.05, 0) is 25.0 Å². The summed E-state index contributed by atoms with van der Waals surface area (Å²) in [5, 5.41) is 20.2. The monoisotopic (exact) mass is 810 g/mol. The molecule has 314 valence electrons. The van der Waals surface area contributed by atoms with E-state index < -0.39 is 71.4 Å². The third kappa shape index (κ3) is 26.6. The number of aliphatic hydroxyl groups is 2. The Morgan fingerprint density at radius 3 is 1.09 bits per heavy atom. The fraction of sp³-hybridized carbons (Fsp3) is 0.789. The molecule has 0 saturated carbocycles. The molecule has 0 aliphatic rings. The number of carbonyl (C=O) groups excluding carboxylic acids is 2. The maximum absolute atomic E-state index is 12.7. The van der Waals surface area contributed by atoms with E-state index >= 15 is 0 Å². The Bertz CT molecular complexity index is 1240. The van der Waals surface area contributed by atoms with E-state index in [0.29, 0.717) is 12.8 Å². The van der Waals surface area contributed by atoms with E-state index in [0.717, 1.165) is 51.4 Å². The molecule has 0 saturated heterocycles. The van der Waals surface area contributed by atoms with Crippen molar-refractivity contribution < 1.29 is 62.8 Å². The fourth-order valence-electron chi connectivity index (χ4n) is 5.33. The zero-order valence-electron chi connectivity index (χ0n) is 32.5. The molecule has 0 aliphatic carbocycles. The van der Waals surface area contributed by atoms with Gasteiger partial charge in [0.25, 0.3) is 0 Å². The highest BCUT2D eigenvalue weighted by Crippen LogP contribution is 2.15. The zero-order valence-corrected chi connectivity index (χ0v) is 34.1. The van der Waals surface area contributed by atoms with E-state index in [1.54, 1.807) is 0 Å². The summed E-state index contributed by atoms with van der Waals surface area (Å²) in [6, 6.07) is 5.45. The van der Waals surface area contributed by atoms with Crippen LogP contribution < -0.4 is 0 Å². The van der Waals surface area contributed by atoms with Gasteiger partial charge in [0.15, 0.2) is 0 Å². The van der Waals surface area contributed by atoms with Gasteiger partial charge in [0.05, 0.1) is 37.6 Å². The molecule has 16 heteroatoms. The minimum Gasteiger partial charge on any atom is -0.459 e. The van der Waals surface area contributed by atoms with E-state index in [-0.39, 0.29) is 24.3 Å². The number of unbranched alkanes of at least 4 members (excludes halogenated alkanes) is 18. The van der Waals surface area contributed by atoms with Gasteiger partial charge in [-0.2, -0.15) is 16.8 Å². The first-order valence-electron chi connectivity index (χ1n) is 19.8. The molecule has 1 rings (SSSR count). The topological polar surface area (TPSA) is 198 Å². The predicted octanol–water partition coefficient (Wildman–Crippen LogP) is 7.12. The summed E-state index contributed by atoms with van der Waals surface area (Å²) >= 11 is 0. The van der Waals surface area contributed by atoms with Crippen LogP contribution in [0.4, 0.5) is 0 Å². The average molecular weight is 811 g/mol. The molecular weight excluding hydrogens is 745 g/mol. The number of hydrogen-bond acceptors (Lipinski definition) is 14. The van der Waals surface area contributed by atoms with E-state index in [1.807, 2.05) is 0 Å². The smallest absolute Gasteiger partial charge is 0.399 e. The molecule has 14 nitrogen and oxygen atoms in total. The largest absolute Gasteiger partial charge is 0.459 e. The van der Waals surface area contributed by atoms with Crippen molar-refractivity contribution in [1.82, 2.24) is 0 Å². The first kappa shape index (κ1) is 49.8. The third-order valence-electron chi connectivity index (χ3n) is 8.44. The first-order valence-corrected chi connectivity index (χ1v) is 22.4. The van der Waals surface area contributed by atoms with Crippen molar-refractivity contribution in [2.75, 3.05) is 39.6 Å². The Labute approximate surface area is 324 Å². The number of carbonyl (C=O) groups is 2. The SMILES string of the molecule is CCCCCCCCCCCCOS(=O)(=O)OCC(O)COC(=O)c1ccccc1C(=O)OCC(O)COS(=O)(=O)OCCCCCCCCCCCC. The van der Waals surface area contributed by atoms with Gasteiger partial charge in [-0.1, -0.05) is 142 Å². The molecule has 0 fully saturated rings. The quantitative estimate of drug-likeness (QED) is 0.0513. The Morgan fingerprint density at radius 1 is 0.481 bits per heavy atom. The summed E-state index contributed by atoms with van der Waals surface area (Å²) in [5.74, 6) is -2.03. The molecule has 0 amide bonds. The van der Waals surface area contributed by atoms with Gasteiger partial charge in [0.1, 0.15) is 25.4 Å². The molecule has 1 aromatic carbocycles. The van der Waals surface area contributed by atoms with Crippen LogP contribution in [-0.2, 0) is 47.0 Å². The molecule has 0 bridgehead atoms. The van der Waals surface area contributed by atoms with E-state index in [1.165, 1.54) is 88.5 Å². The Balaban J connectivity index is 2.31. The van der Waals surface area contributed by atoms with Crippen molar-refractivity contribution >= 4 is 32.7 Å². The van der Waals surface area contributed by atoms with Gasteiger partial charge in [-0.15, -0.1) is 0 Å². The van der Waals surface area contributed by atoms with Crippen LogP contribution in [0.3, 0.4) is 0 Å². The van der Waals surface area contributed by atoms with Crippen molar-refractivity contribution in [3.63, 3.8) is 0 Å². The minimum absolute atomic E-state index is 0.0478. The standard InChI is InChI=1S/C38H66O14S2/c1-3-5-7-9-11-13-15-17-19-23-27-49-53(43,44)51-31-33(39)29-47-37(41)35-25-21-22-26-36(35)38(42)48-30-34(40)32-52-54(45,46)50-28-24-20-18-16-14-12-10-8-6-4-2/h21-22,25-26,33-34,39-40H,3-20,23-24,27-32H2,1-2H3. The first-order chi connectivity index (χ1) is 25.9. The van der Waals surface area contributed by atoms with Crippen molar-refractivity contribution in [3.8, 4) is 0 Å². The van der Waals surface area contributed by atoms with Crippen molar-refractivity contribution in [3.05, 3.63) is 35.4 Å². The van der Waals surface area contributed by atoms with Gasteiger partial charge in [-0.25, -0.2) is 26.3 Å². The molecule has 0 spiro atoms. The Hall–Kier alpha value is -2.18. The maximum Gasteiger partial charge on any atom is 0.399 e. The number of hydrogen-bond donors (Lipinski definition) is 2. The lowest BCUT2D eigenvalue weighted by Crippen LogP contribution is -2.27. The number of esters is 2. The molecule has 2 unspecified atom stereocenters. The fourth-order valence-corrected chi connectivity index (χ4v) is 6.75. The van der Waals surface area contributed by atoms with Crippen molar-refractivity contribution in [2.45, 2.75) is 154 Å². The lowest BCUT2D eigenvalue weighted by atomic mass is 10.1. The zero-order chi connectivity index (χ0) is 39.9. The van der Waals surface area contributed by atoms with Crippen LogP contribution in [0.15, 0.2) is 24.3 Å². The lowest BCUT2D eigenvalue weighted by Gasteiger charge is -2.14. The maximum atomic E-state index is 12.7. The van der Waals surface area contributed by atoms with E-state index in [9.17, 15) is 36.6 Å². The van der Waals surface area contributed by atoms with Crippen LogP contribution in [0.5, 0.6) is 0 Å². The van der Waals surface area contributed by atoms with Crippen molar-refractivity contribution in [1.29, 1.82) is 0 Å². The molecule has 1 aromatic rings. The average Bonchev–Trinajstić information content (AvgIpc) is 3.15. The van der Waals surface area contributed by atoms with Gasteiger partial charge in [0, 0.05) is 0 Å². The second kappa shape index (κ2) is 31.0. The van der Waals surface area contributed by atoms with Gasteiger partial charge in [-0.3, -0.25) is 0 Å². The predicted molar refractivity (Wildman–Crippen MR) is 204 cm³/mol. The second-order valence-corrected chi connectivity index (χ2v) is 16.0. The molecular formula is C38H66O14S2. The summed E-state index contributed by atoms with van der Waals surface area (Å²) in [7, 11) is -8.73. The number of benzene rings is 1. The lowest BCUT2D eigenvalue weighted by molar-refractivity contribution is 0.00859. The summed E-state index contributed by atoms with van der Waals surface area (Å²) in [4.78, 5) is 25.4. The Morgan fingerprint density at radius 2 is 0.778 bits per heavy atom. The second-order valence-electron chi connectivity index (χ2n) is 13.4. The van der Waals surface area contributed by atoms with Crippen molar-refractivity contribution in [2.24, 2.45) is 0 Å². The van der Waals surface area contributed by atoms with Gasteiger partial charge in [0.2, 0.25) is 0 Å². The van der Waals surface area contributed by atoms with Crippen LogP contribution in [-0.4, -0.2) is 90.8 Å². The highest BCUT2D eigenvalue weighted by Gasteiger charge is 2.23. The summed E-state index contributed by atoms with van der Waals surface area (Å²) in [5.41, 5.74) is -0.450. The molecule has 0 aromatic heterocycles. The molecule has 0 aliphatic heterocycles. The van der Waals surface area contributed by atoms with Crippen LogP contribution in [0.1, 0.15) is 163 Å². The molecule has 0 heterocycles. The number of rotatable bonds is 36.